The summed E-state index contributed by atoms with van der Waals surface area (Å²) in [5, 5.41) is 3.67. The Morgan fingerprint density at radius 2 is 2.05 bits per heavy atom. The van der Waals surface area contributed by atoms with Crippen molar-refractivity contribution in [3.05, 3.63) is 59.7 Å². The lowest BCUT2D eigenvalue weighted by Crippen LogP contribution is -2.34. The van der Waals surface area contributed by atoms with Gasteiger partial charge in [-0.05, 0) is 57.0 Å². The molecule has 0 saturated carbocycles. The highest BCUT2D eigenvalue weighted by Crippen LogP contribution is 2.13. The van der Waals surface area contributed by atoms with E-state index in [4.69, 9.17) is 5.73 Å². The van der Waals surface area contributed by atoms with Gasteiger partial charge in [-0.25, -0.2) is 0 Å². The molecule has 118 valence electrons. The maximum atomic E-state index is 5.68. The van der Waals surface area contributed by atoms with Crippen molar-refractivity contribution in [2.24, 2.45) is 5.73 Å². The van der Waals surface area contributed by atoms with Crippen LogP contribution in [0.5, 0.6) is 0 Å². The molecule has 3 N–H and O–H groups in total. The fourth-order valence-corrected chi connectivity index (χ4v) is 2.55. The number of nitrogens with zero attached hydrogens (tertiary/aromatic N) is 2. The number of pyridine rings is 2. The Hall–Kier alpha value is -1.78. The fraction of sp³-hybridized carbons (Fsp3) is 0.444. The molecule has 22 heavy (non-hydrogen) atoms. The van der Waals surface area contributed by atoms with Crippen LogP contribution in [0.4, 0.5) is 0 Å². The van der Waals surface area contributed by atoms with Crippen molar-refractivity contribution >= 4 is 0 Å². The van der Waals surface area contributed by atoms with E-state index in [2.05, 4.69) is 47.3 Å². The van der Waals surface area contributed by atoms with Crippen LogP contribution in [0.1, 0.15) is 42.8 Å². The molecular formula is C18H26N4. The first kappa shape index (κ1) is 16.6. The summed E-state index contributed by atoms with van der Waals surface area (Å²) in [6, 6.07) is 10.8. The maximum Gasteiger partial charge on any atom is 0.0570 e. The molecule has 0 amide bonds. The van der Waals surface area contributed by atoms with Crippen molar-refractivity contribution in [2.75, 3.05) is 6.54 Å². The molecule has 2 atom stereocenters. The Morgan fingerprint density at radius 3 is 2.68 bits per heavy atom. The lowest BCUT2D eigenvalue weighted by Gasteiger charge is -2.23. The lowest BCUT2D eigenvalue weighted by molar-refractivity contribution is 0.413. The molecule has 2 heterocycles. The molecular weight excluding hydrogens is 272 g/mol. The molecule has 0 aliphatic carbocycles. The Morgan fingerprint density at radius 1 is 1.18 bits per heavy atom. The maximum absolute atomic E-state index is 5.68. The molecule has 0 aliphatic rings. The molecule has 0 fully saturated rings. The van der Waals surface area contributed by atoms with Gasteiger partial charge in [-0.2, -0.15) is 0 Å². The van der Waals surface area contributed by atoms with Gasteiger partial charge in [0.1, 0.15) is 0 Å². The first-order valence-electron chi connectivity index (χ1n) is 7.97. The Kier molecular flexibility index (Phi) is 6.49. The molecule has 2 aromatic heterocycles. The van der Waals surface area contributed by atoms with E-state index < -0.39 is 0 Å². The van der Waals surface area contributed by atoms with Crippen LogP contribution in [0.3, 0.4) is 0 Å². The highest BCUT2D eigenvalue weighted by atomic mass is 15.0. The molecule has 2 unspecified atom stereocenters. The van der Waals surface area contributed by atoms with E-state index in [0.717, 1.165) is 37.2 Å². The smallest absolute Gasteiger partial charge is 0.0570 e. The molecule has 0 radical (unpaired) electrons. The molecule has 4 heteroatoms. The Labute approximate surface area is 133 Å². The SMILES string of the molecule is Cc1ccc(CC(CCCN)NC(C)c2ccccn2)nc1. The average Bonchev–Trinajstić information content (AvgIpc) is 2.55. The Bertz CT molecular complexity index is 539. The number of aromatic nitrogens is 2. The largest absolute Gasteiger partial charge is 0.330 e. The number of hydrogen-bond acceptors (Lipinski definition) is 4. The highest BCUT2D eigenvalue weighted by Gasteiger charge is 2.15. The van der Waals surface area contributed by atoms with Gasteiger partial charge in [0.2, 0.25) is 0 Å². The van der Waals surface area contributed by atoms with Gasteiger partial charge in [-0.1, -0.05) is 12.1 Å². The topological polar surface area (TPSA) is 63.8 Å². The third kappa shape index (κ3) is 5.20. The van der Waals surface area contributed by atoms with Crippen LogP contribution in [-0.4, -0.2) is 22.6 Å². The zero-order chi connectivity index (χ0) is 15.8. The molecule has 0 bridgehead atoms. The summed E-state index contributed by atoms with van der Waals surface area (Å²) in [7, 11) is 0. The number of nitrogens with two attached hydrogens (primary N) is 1. The number of rotatable bonds is 8. The van der Waals surface area contributed by atoms with Crippen molar-refractivity contribution in [3.8, 4) is 0 Å². The molecule has 2 aromatic rings. The first-order valence-corrected chi connectivity index (χ1v) is 7.97. The molecule has 4 nitrogen and oxygen atoms in total. The van der Waals surface area contributed by atoms with Crippen LogP contribution < -0.4 is 11.1 Å². The van der Waals surface area contributed by atoms with E-state index in [0.29, 0.717) is 6.04 Å². The second-order valence-corrected chi connectivity index (χ2v) is 5.80. The van der Waals surface area contributed by atoms with Crippen molar-refractivity contribution in [1.82, 2.24) is 15.3 Å². The van der Waals surface area contributed by atoms with Crippen LogP contribution in [0.15, 0.2) is 42.7 Å². The molecule has 0 spiro atoms. The van der Waals surface area contributed by atoms with Gasteiger partial charge in [-0.3, -0.25) is 9.97 Å². The van der Waals surface area contributed by atoms with Crippen LogP contribution in [0.25, 0.3) is 0 Å². The minimum Gasteiger partial charge on any atom is -0.330 e. The number of aryl methyl sites for hydroxylation is 1. The summed E-state index contributed by atoms with van der Waals surface area (Å²) in [5.41, 5.74) is 9.05. The Balaban J connectivity index is 2.00. The van der Waals surface area contributed by atoms with Gasteiger partial charge in [-0.15, -0.1) is 0 Å². The van der Waals surface area contributed by atoms with E-state index in [1.165, 1.54) is 5.56 Å². The third-order valence-electron chi connectivity index (χ3n) is 3.80. The second-order valence-electron chi connectivity index (χ2n) is 5.80. The van der Waals surface area contributed by atoms with E-state index in [1.807, 2.05) is 24.5 Å². The summed E-state index contributed by atoms with van der Waals surface area (Å²) in [6.45, 7) is 4.93. The molecule has 0 aliphatic heterocycles. The predicted molar refractivity (Wildman–Crippen MR) is 90.5 cm³/mol. The van der Waals surface area contributed by atoms with Crippen molar-refractivity contribution in [3.63, 3.8) is 0 Å². The van der Waals surface area contributed by atoms with E-state index >= 15 is 0 Å². The van der Waals surface area contributed by atoms with Gasteiger partial charge < -0.3 is 11.1 Å². The van der Waals surface area contributed by atoms with Gasteiger partial charge in [0.25, 0.3) is 0 Å². The summed E-state index contributed by atoms with van der Waals surface area (Å²) in [4.78, 5) is 8.95. The predicted octanol–water partition coefficient (Wildman–Crippen LogP) is 2.79. The van der Waals surface area contributed by atoms with Gasteiger partial charge in [0, 0.05) is 36.6 Å². The quantitative estimate of drug-likeness (QED) is 0.786. The van der Waals surface area contributed by atoms with Crippen molar-refractivity contribution in [2.45, 2.75) is 45.2 Å². The first-order chi connectivity index (χ1) is 10.7. The van der Waals surface area contributed by atoms with Gasteiger partial charge in [0.15, 0.2) is 0 Å². The van der Waals surface area contributed by atoms with Crippen LogP contribution in [0, 0.1) is 6.92 Å². The summed E-state index contributed by atoms with van der Waals surface area (Å²) in [5.74, 6) is 0. The summed E-state index contributed by atoms with van der Waals surface area (Å²) in [6.07, 6.45) is 6.74. The molecule has 0 aromatic carbocycles. The molecule has 2 rings (SSSR count). The third-order valence-corrected chi connectivity index (χ3v) is 3.80. The number of hydrogen-bond donors (Lipinski definition) is 2. The average molecular weight is 298 g/mol. The second kappa shape index (κ2) is 8.61. The minimum absolute atomic E-state index is 0.217. The van der Waals surface area contributed by atoms with Gasteiger partial charge >= 0.3 is 0 Å². The summed E-state index contributed by atoms with van der Waals surface area (Å²) < 4.78 is 0. The summed E-state index contributed by atoms with van der Waals surface area (Å²) >= 11 is 0. The van der Waals surface area contributed by atoms with E-state index in [-0.39, 0.29) is 6.04 Å². The monoisotopic (exact) mass is 298 g/mol. The zero-order valence-electron chi connectivity index (χ0n) is 13.5. The number of nitrogens with one attached hydrogen (secondary N) is 1. The fourth-order valence-electron chi connectivity index (χ4n) is 2.55. The molecule has 0 saturated heterocycles. The lowest BCUT2D eigenvalue weighted by atomic mass is 10.0. The van der Waals surface area contributed by atoms with E-state index in [1.54, 1.807) is 0 Å². The van der Waals surface area contributed by atoms with Crippen LogP contribution >= 0.6 is 0 Å². The highest BCUT2D eigenvalue weighted by molar-refractivity contribution is 5.14. The minimum atomic E-state index is 0.217. The van der Waals surface area contributed by atoms with Crippen LogP contribution in [-0.2, 0) is 6.42 Å². The van der Waals surface area contributed by atoms with Gasteiger partial charge in [0.05, 0.1) is 5.69 Å². The van der Waals surface area contributed by atoms with Crippen LogP contribution in [0.2, 0.25) is 0 Å². The van der Waals surface area contributed by atoms with Crippen molar-refractivity contribution in [1.29, 1.82) is 0 Å². The standard InChI is InChI=1S/C18H26N4/c1-14-8-9-16(21-13-14)12-17(6-5-10-19)22-15(2)18-7-3-4-11-20-18/h3-4,7-9,11,13,15,17,22H,5-6,10,12,19H2,1-2H3. The van der Waals surface area contributed by atoms with Crippen molar-refractivity contribution < 1.29 is 0 Å². The normalized spacial score (nSPS) is 13.8. The van der Waals surface area contributed by atoms with E-state index in [9.17, 15) is 0 Å². The zero-order valence-corrected chi connectivity index (χ0v) is 13.5.